The van der Waals surface area contributed by atoms with Crippen molar-refractivity contribution >= 4 is 39.3 Å². The van der Waals surface area contributed by atoms with Crippen LogP contribution in [0, 0.1) is 6.92 Å². The van der Waals surface area contributed by atoms with Gasteiger partial charge in [-0.2, -0.15) is 0 Å². The van der Waals surface area contributed by atoms with Crippen LogP contribution in [-0.2, 0) is 4.79 Å². The van der Waals surface area contributed by atoms with Crippen molar-refractivity contribution < 1.29 is 4.79 Å². The highest BCUT2D eigenvalue weighted by molar-refractivity contribution is 9.10. The highest BCUT2D eigenvalue weighted by atomic mass is 79.9. The number of nitrogens with two attached hydrogens (primary N) is 1. The van der Waals surface area contributed by atoms with Gasteiger partial charge >= 0.3 is 0 Å². The fourth-order valence-corrected chi connectivity index (χ4v) is 3.38. The number of aromatic nitrogens is 3. The summed E-state index contributed by atoms with van der Waals surface area (Å²) in [6.07, 6.45) is 0. The van der Waals surface area contributed by atoms with Gasteiger partial charge in [-0.25, -0.2) is 4.68 Å². The quantitative estimate of drug-likeness (QED) is 0.490. The topological polar surface area (TPSA) is 85.8 Å². The zero-order valence-electron chi connectivity index (χ0n) is 13.4. The van der Waals surface area contributed by atoms with E-state index in [1.165, 1.54) is 16.4 Å². The number of aryl methyl sites for hydroxylation is 1. The third-order valence-corrected chi connectivity index (χ3v) is 4.93. The molecule has 3 rings (SSSR count). The lowest BCUT2D eigenvalue weighted by atomic mass is 10.2. The molecule has 128 valence electrons. The molecule has 25 heavy (non-hydrogen) atoms. The molecule has 0 aliphatic rings. The second-order valence-electron chi connectivity index (χ2n) is 5.34. The Labute approximate surface area is 157 Å². The SMILES string of the molecule is Cc1cc(Br)ccc1NC(=O)CSc1nnc(-c2ccccc2)n1N. The molecule has 0 saturated carbocycles. The number of carbonyl (C=O) groups excluding carboxylic acids is 1. The standard InChI is InChI=1S/C17H16BrN5OS/c1-11-9-13(18)7-8-14(11)20-15(24)10-25-17-22-21-16(23(17)19)12-5-3-2-4-6-12/h2-9H,10,19H2,1H3,(H,20,24). The van der Waals surface area contributed by atoms with Crippen LogP contribution in [0.4, 0.5) is 5.69 Å². The van der Waals surface area contributed by atoms with E-state index < -0.39 is 0 Å². The van der Waals surface area contributed by atoms with Crippen LogP contribution in [0.3, 0.4) is 0 Å². The maximum Gasteiger partial charge on any atom is 0.234 e. The lowest BCUT2D eigenvalue weighted by molar-refractivity contribution is -0.113. The van der Waals surface area contributed by atoms with Gasteiger partial charge in [0.1, 0.15) is 0 Å². The molecule has 0 radical (unpaired) electrons. The molecule has 0 bridgehead atoms. The molecule has 6 nitrogen and oxygen atoms in total. The minimum Gasteiger partial charge on any atom is -0.335 e. The third kappa shape index (κ3) is 4.21. The Kier molecular flexibility index (Phi) is 5.40. The molecule has 0 saturated heterocycles. The smallest absolute Gasteiger partial charge is 0.234 e. The second kappa shape index (κ2) is 7.71. The predicted molar refractivity (Wildman–Crippen MR) is 104 cm³/mol. The predicted octanol–water partition coefficient (Wildman–Crippen LogP) is 3.46. The van der Waals surface area contributed by atoms with Crippen molar-refractivity contribution in [3.8, 4) is 11.4 Å². The zero-order valence-corrected chi connectivity index (χ0v) is 15.8. The van der Waals surface area contributed by atoms with Crippen LogP contribution in [0.5, 0.6) is 0 Å². The minimum atomic E-state index is -0.125. The maximum atomic E-state index is 12.2. The summed E-state index contributed by atoms with van der Waals surface area (Å²) in [5, 5.41) is 11.5. The molecule has 0 aliphatic carbocycles. The van der Waals surface area contributed by atoms with Crippen molar-refractivity contribution in [2.45, 2.75) is 12.1 Å². The Bertz CT molecular complexity index is 897. The number of thioether (sulfide) groups is 1. The van der Waals surface area contributed by atoms with Gasteiger partial charge in [-0.1, -0.05) is 58.0 Å². The maximum absolute atomic E-state index is 12.2. The summed E-state index contributed by atoms with van der Waals surface area (Å²) in [5.41, 5.74) is 2.65. The monoisotopic (exact) mass is 417 g/mol. The number of nitrogens with zero attached hydrogens (tertiary/aromatic N) is 3. The van der Waals surface area contributed by atoms with Gasteiger partial charge in [-0.3, -0.25) is 4.79 Å². The molecule has 1 aromatic heterocycles. The van der Waals surface area contributed by atoms with E-state index >= 15 is 0 Å². The number of hydrogen-bond acceptors (Lipinski definition) is 5. The third-order valence-electron chi connectivity index (χ3n) is 3.49. The van der Waals surface area contributed by atoms with E-state index in [2.05, 4.69) is 31.4 Å². The van der Waals surface area contributed by atoms with E-state index in [9.17, 15) is 4.79 Å². The van der Waals surface area contributed by atoms with Crippen LogP contribution in [0.15, 0.2) is 58.2 Å². The molecule has 1 heterocycles. The first-order valence-corrected chi connectivity index (χ1v) is 9.27. The summed E-state index contributed by atoms with van der Waals surface area (Å²) in [6.45, 7) is 1.94. The molecular formula is C17H16BrN5OS. The number of amides is 1. The first-order chi connectivity index (χ1) is 12.0. The van der Waals surface area contributed by atoms with Crippen LogP contribution < -0.4 is 11.2 Å². The van der Waals surface area contributed by atoms with Crippen LogP contribution in [-0.4, -0.2) is 26.5 Å². The fraction of sp³-hybridized carbons (Fsp3) is 0.118. The Balaban J connectivity index is 1.64. The Morgan fingerprint density at radius 2 is 2.00 bits per heavy atom. The summed E-state index contributed by atoms with van der Waals surface area (Å²) < 4.78 is 2.38. The van der Waals surface area contributed by atoms with Gasteiger partial charge in [0.2, 0.25) is 11.1 Å². The van der Waals surface area contributed by atoms with Crippen molar-refractivity contribution in [1.82, 2.24) is 14.9 Å². The van der Waals surface area contributed by atoms with Crippen LogP contribution in [0.25, 0.3) is 11.4 Å². The number of nitrogen functional groups attached to an aromatic ring is 1. The molecule has 0 spiro atoms. The highest BCUT2D eigenvalue weighted by Crippen LogP contribution is 2.23. The lowest BCUT2D eigenvalue weighted by Gasteiger charge is -2.08. The van der Waals surface area contributed by atoms with Gasteiger partial charge in [-0.05, 0) is 30.7 Å². The fourth-order valence-electron chi connectivity index (χ4n) is 2.24. The van der Waals surface area contributed by atoms with Gasteiger partial charge in [-0.15, -0.1) is 10.2 Å². The molecule has 0 aliphatic heterocycles. The summed E-state index contributed by atoms with van der Waals surface area (Å²) >= 11 is 4.65. The molecule has 0 unspecified atom stereocenters. The van der Waals surface area contributed by atoms with Crippen LogP contribution in [0.2, 0.25) is 0 Å². The molecule has 0 fully saturated rings. The minimum absolute atomic E-state index is 0.125. The number of anilines is 1. The van der Waals surface area contributed by atoms with Crippen molar-refractivity contribution in [3.05, 3.63) is 58.6 Å². The Hall–Kier alpha value is -2.32. The van der Waals surface area contributed by atoms with E-state index in [1.54, 1.807) is 0 Å². The van der Waals surface area contributed by atoms with Crippen molar-refractivity contribution in [1.29, 1.82) is 0 Å². The summed E-state index contributed by atoms with van der Waals surface area (Å²) in [7, 11) is 0. The highest BCUT2D eigenvalue weighted by Gasteiger charge is 2.14. The van der Waals surface area contributed by atoms with E-state index in [1.807, 2.05) is 55.5 Å². The number of carbonyl (C=O) groups is 1. The van der Waals surface area contributed by atoms with Crippen molar-refractivity contribution in [2.24, 2.45) is 0 Å². The zero-order chi connectivity index (χ0) is 17.8. The Morgan fingerprint density at radius 1 is 1.24 bits per heavy atom. The van der Waals surface area contributed by atoms with Gasteiger partial charge in [0, 0.05) is 15.7 Å². The largest absolute Gasteiger partial charge is 0.335 e. The van der Waals surface area contributed by atoms with E-state index in [0.717, 1.165) is 21.3 Å². The normalized spacial score (nSPS) is 10.6. The number of halogens is 1. The molecule has 1 amide bonds. The van der Waals surface area contributed by atoms with E-state index in [0.29, 0.717) is 11.0 Å². The molecule has 3 N–H and O–H groups in total. The number of rotatable bonds is 5. The summed E-state index contributed by atoms with van der Waals surface area (Å²) in [5.74, 6) is 6.68. The van der Waals surface area contributed by atoms with Crippen molar-refractivity contribution in [2.75, 3.05) is 16.9 Å². The molecule has 3 aromatic rings. The van der Waals surface area contributed by atoms with E-state index in [-0.39, 0.29) is 11.7 Å². The summed E-state index contributed by atoms with van der Waals surface area (Å²) in [6, 6.07) is 15.3. The average Bonchev–Trinajstić information content (AvgIpc) is 2.97. The van der Waals surface area contributed by atoms with Crippen LogP contribution >= 0.6 is 27.7 Å². The van der Waals surface area contributed by atoms with Gasteiger partial charge in [0.15, 0.2) is 5.82 Å². The Morgan fingerprint density at radius 3 is 2.72 bits per heavy atom. The second-order valence-corrected chi connectivity index (χ2v) is 7.20. The summed E-state index contributed by atoms with van der Waals surface area (Å²) in [4.78, 5) is 12.2. The van der Waals surface area contributed by atoms with E-state index in [4.69, 9.17) is 5.84 Å². The number of hydrogen-bond donors (Lipinski definition) is 2. The van der Waals surface area contributed by atoms with Gasteiger partial charge in [0.25, 0.3) is 0 Å². The van der Waals surface area contributed by atoms with Gasteiger partial charge in [0.05, 0.1) is 5.75 Å². The van der Waals surface area contributed by atoms with Crippen molar-refractivity contribution in [3.63, 3.8) is 0 Å². The molecule has 2 aromatic carbocycles. The molecular weight excluding hydrogens is 402 g/mol. The first kappa shape index (κ1) is 17.5. The van der Waals surface area contributed by atoms with Gasteiger partial charge < -0.3 is 11.2 Å². The lowest BCUT2D eigenvalue weighted by Crippen LogP contribution is -2.17. The number of nitrogens with one attached hydrogen (secondary N) is 1. The average molecular weight is 418 g/mol. The molecule has 0 atom stereocenters. The molecule has 8 heteroatoms. The number of benzene rings is 2. The first-order valence-electron chi connectivity index (χ1n) is 7.49. The van der Waals surface area contributed by atoms with Crippen LogP contribution in [0.1, 0.15) is 5.56 Å².